The highest BCUT2D eigenvalue weighted by Gasteiger charge is 1.93. The summed E-state index contributed by atoms with van der Waals surface area (Å²) in [5.41, 5.74) is 6.43. The number of nitrogens with two attached hydrogens (primary N) is 1. The van der Waals surface area contributed by atoms with Gasteiger partial charge in [-0.2, -0.15) is 16.8 Å². The third kappa shape index (κ3) is 36.4. The molecular formula is C10H19N3O6S3. The van der Waals surface area contributed by atoms with Gasteiger partial charge in [-0.1, -0.05) is 11.8 Å². The van der Waals surface area contributed by atoms with Gasteiger partial charge in [-0.3, -0.25) is 19.5 Å². The number of aryl methyl sites for hydroxylation is 1. The van der Waals surface area contributed by atoms with Gasteiger partial charge in [0.15, 0.2) is 5.17 Å². The number of hydrogen-bond donors (Lipinski definition) is 4. The van der Waals surface area contributed by atoms with Crippen molar-refractivity contribution in [1.82, 2.24) is 4.98 Å². The first-order valence-electron chi connectivity index (χ1n) is 5.49. The number of rotatable bonds is 3. The van der Waals surface area contributed by atoms with E-state index in [4.69, 9.17) is 20.2 Å². The minimum atomic E-state index is -3.67. The Hall–Kier alpha value is -1.21. The van der Waals surface area contributed by atoms with Crippen LogP contribution < -0.4 is 5.73 Å². The van der Waals surface area contributed by atoms with E-state index in [2.05, 4.69) is 4.98 Å². The molecule has 22 heavy (non-hydrogen) atoms. The molecule has 5 N–H and O–H groups in total. The van der Waals surface area contributed by atoms with Crippen LogP contribution in [0.5, 0.6) is 0 Å². The summed E-state index contributed by atoms with van der Waals surface area (Å²) in [6.45, 7) is 0. The lowest BCUT2D eigenvalue weighted by Crippen LogP contribution is -2.05. The lowest BCUT2D eigenvalue weighted by molar-refractivity contribution is 0.488. The standard InChI is InChI=1S/C8H11N3S.2CH4O3S/c9-8(10)12-6-3-7-1-4-11-5-2-7;2*1-5(2,3)4/h1-2,4-5H,3,6H2,(H3,9,10);2*1H3,(H,2,3,4). The second kappa shape index (κ2) is 11.4. The number of nitrogens with zero attached hydrogens (tertiary/aromatic N) is 1. The number of amidine groups is 1. The molecular weight excluding hydrogens is 354 g/mol. The van der Waals surface area contributed by atoms with E-state index in [1.54, 1.807) is 12.4 Å². The summed E-state index contributed by atoms with van der Waals surface area (Å²) >= 11 is 1.37. The van der Waals surface area contributed by atoms with Crippen LogP contribution in [0.3, 0.4) is 0 Å². The molecule has 0 aliphatic carbocycles. The van der Waals surface area contributed by atoms with Gasteiger partial charge in [-0.25, -0.2) is 0 Å². The van der Waals surface area contributed by atoms with Crippen molar-refractivity contribution in [3.8, 4) is 0 Å². The van der Waals surface area contributed by atoms with Crippen LogP contribution in [0.1, 0.15) is 5.56 Å². The summed E-state index contributed by atoms with van der Waals surface area (Å²) in [6.07, 6.45) is 5.91. The number of hydrogen-bond acceptors (Lipinski definition) is 7. The predicted molar refractivity (Wildman–Crippen MR) is 87.3 cm³/mol. The molecule has 0 aliphatic rings. The van der Waals surface area contributed by atoms with Crippen LogP contribution in [0, 0.1) is 5.41 Å². The van der Waals surface area contributed by atoms with Crippen LogP contribution >= 0.6 is 11.8 Å². The first kappa shape index (κ1) is 23.1. The van der Waals surface area contributed by atoms with Crippen LogP contribution in [-0.2, 0) is 26.7 Å². The third-order valence-electron chi connectivity index (χ3n) is 1.40. The fourth-order valence-corrected chi connectivity index (χ4v) is 1.39. The van der Waals surface area contributed by atoms with Gasteiger partial charge in [-0.05, 0) is 24.1 Å². The first-order valence-corrected chi connectivity index (χ1v) is 10.2. The Balaban J connectivity index is 0. The molecule has 1 aromatic heterocycles. The normalized spacial score (nSPS) is 10.5. The van der Waals surface area contributed by atoms with Gasteiger partial charge in [0.05, 0.1) is 12.5 Å². The van der Waals surface area contributed by atoms with E-state index in [0.717, 1.165) is 12.2 Å². The summed E-state index contributed by atoms with van der Waals surface area (Å²) in [6, 6.07) is 3.95. The van der Waals surface area contributed by atoms with Gasteiger partial charge in [0.1, 0.15) is 0 Å². The SMILES string of the molecule is CS(=O)(=O)O.CS(=O)(=O)O.N=C(N)SCCc1ccncc1. The van der Waals surface area contributed by atoms with Crippen molar-refractivity contribution >= 4 is 37.2 Å². The lowest BCUT2D eigenvalue weighted by atomic mass is 10.2. The molecule has 0 aliphatic heterocycles. The molecule has 0 saturated carbocycles. The van der Waals surface area contributed by atoms with E-state index in [1.807, 2.05) is 12.1 Å². The zero-order valence-corrected chi connectivity index (χ0v) is 14.4. The number of pyridine rings is 1. The summed E-state index contributed by atoms with van der Waals surface area (Å²) < 4.78 is 51.7. The fourth-order valence-electron chi connectivity index (χ4n) is 0.828. The third-order valence-corrected chi connectivity index (χ3v) is 2.12. The summed E-state index contributed by atoms with van der Waals surface area (Å²) in [5, 5.41) is 7.17. The number of nitrogens with one attached hydrogen (secondary N) is 1. The number of aromatic nitrogens is 1. The van der Waals surface area contributed by atoms with Crippen molar-refractivity contribution in [3.05, 3.63) is 30.1 Å². The van der Waals surface area contributed by atoms with Gasteiger partial charge in [0, 0.05) is 18.1 Å². The Labute approximate surface area is 134 Å². The topological polar surface area (TPSA) is 172 Å². The molecule has 1 rings (SSSR count). The molecule has 0 amide bonds. The maximum Gasteiger partial charge on any atom is 0.261 e. The second-order valence-corrected chi connectivity index (χ2v) is 7.85. The maximum atomic E-state index is 9.19. The van der Waals surface area contributed by atoms with Crippen LogP contribution in [0.2, 0.25) is 0 Å². The second-order valence-electron chi connectivity index (χ2n) is 3.78. The van der Waals surface area contributed by atoms with Crippen LogP contribution in [0.25, 0.3) is 0 Å². The van der Waals surface area contributed by atoms with Gasteiger partial charge in [0.25, 0.3) is 20.2 Å². The quantitative estimate of drug-likeness (QED) is 0.329. The summed E-state index contributed by atoms with van der Waals surface area (Å²) in [4.78, 5) is 3.91. The van der Waals surface area contributed by atoms with Crippen LogP contribution in [-0.4, -0.2) is 54.4 Å². The minimum Gasteiger partial charge on any atom is -0.379 e. The monoisotopic (exact) mass is 373 g/mol. The number of thioether (sulfide) groups is 1. The van der Waals surface area contributed by atoms with Crippen molar-refractivity contribution in [2.75, 3.05) is 18.3 Å². The fraction of sp³-hybridized carbons (Fsp3) is 0.400. The zero-order valence-electron chi connectivity index (χ0n) is 12.0. The zero-order chi connectivity index (χ0) is 17.8. The highest BCUT2D eigenvalue weighted by atomic mass is 32.2. The Kier molecular flexibility index (Phi) is 11.9. The van der Waals surface area contributed by atoms with Crippen molar-refractivity contribution in [3.63, 3.8) is 0 Å². The van der Waals surface area contributed by atoms with E-state index in [-0.39, 0.29) is 5.17 Å². The molecule has 0 radical (unpaired) electrons. The van der Waals surface area contributed by atoms with E-state index >= 15 is 0 Å². The molecule has 0 bridgehead atoms. The highest BCUT2D eigenvalue weighted by molar-refractivity contribution is 8.13. The largest absolute Gasteiger partial charge is 0.379 e. The Morgan fingerprint density at radius 3 is 1.86 bits per heavy atom. The molecule has 1 aromatic rings. The summed E-state index contributed by atoms with van der Waals surface area (Å²) in [5.74, 6) is 0.860. The predicted octanol–water partition coefficient (Wildman–Crippen LogP) is 0.259. The maximum absolute atomic E-state index is 9.19. The molecule has 0 saturated heterocycles. The molecule has 0 unspecified atom stereocenters. The summed E-state index contributed by atoms with van der Waals surface area (Å²) in [7, 11) is -7.33. The Bertz CT molecular complexity index is 585. The van der Waals surface area contributed by atoms with Gasteiger partial charge in [0.2, 0.25) is 0 Å². The van der Waals surface area contributed by atoms with Gasteiger partial charge < -0.3 is 5.73 Å². The van der Waals surface area contributed by atoms with E-state index in [0.29, 0.717) is 12.5 Å². The molecule has 9 nitrogen and oxygen atoms in total. The van der Waals surface area contributed by atoms with Crippen molar-refractivity contribution in [2.24, 2.45) is 5.73 Å². The minimum absolute atomic E-state index is 0.184. The molecule has 128 valence electrons. The van der Waals surface area contributed by atoms with E-state index < -0.39 is 20.2 Å². The molecule has 0 atom stereocenters. The van der Waals surface area contributed by atoms with Crippen LogP contribution in [0.4, 0.5) is 0 Å². The Morgan fingerprint density at radius 1 is 1.18 bits per heavy atom. The first-order chi connectivity index (χ1) is 9.79. The van der Waals surface area contributed by atoms with E-state index in [1.165, 1.54) is 17.3 Å². The van der Waals surface area contributed by atoms with Crippen molar-refractivity contribution in [1.29, 1.82) is 5.41 Å². The molecule has 12 heteroatoms. The average Bonchev–Trinajstić information content (AvgIpc) is 2.25. The highest BCUT2D eigenvalue weighted by Crippen LogP contribution is 2.04. The Morgan fingerprint density at radius 2 is 1.55 bits per heavy atom. The molecule has 0 fully saturated rings. The van der Waals surface area contributed by atoms with Gasteiger partial charge >= 0.3 is 0 Å². The molecule has 1 heterocycles. The van der Waals surface area contributed by atoms with Gasteiger partial charge in [-0.15, -0.1) is 0 Å². The van der Waals surface area contributed by atoms with Crippen LogP contribution in [0.15, 0.2) is 24.5 Å². The average molecular weight is 373 g/mol. The molecule has 0 aromatic carbocycles. The van der Waals surface area contributed by atoms with E-state index in [9.17, 15) is 16.8 Å². The lowest BCUT2D eigenvalue weighted by Gasteiger charge is -1.98. The van der Waals surface area contributed by atoms with Crippen molar-refractivity contribution in [2.45, 2.75) is 6.42 Å². The molecule has 0 spiro atoms. The smallest absolute Gasteiger partial charge is 0.261 e. The van der Waals surface area contributed by atoms with Crippen molar-refractivity contribution < 1.29 is 25.9 Å².